The van der Waals surface area contributed by atoms with E-state index in [4.69, 9.17) is 19.4 Å². The Morgan fingerprint density at radius 1 is 0.327 bits per heavy atom. The Kier molecular flexibility index (Phi) is 6.15. The number of para-hydroxylation sites is 1. The number of hydrogen-bond acceptors (Lipinski definition) is 4. The maximum atomic E-state index is 6.17. The highest BCUT2D eigenvalue weighted by Gasteiger charge is 2.18. The van der Waals surface area contributed by atoms with Gasteiger partial charge >= 0.3 is 0 Å². The molecule has 10 aromatic rings. The van der Waals surface area contributed by atoms with Crippen LogP contribution in [0.3, 0.4) is 0 Å². The SMILES string of the molecule is c1ccc(-c2nc(-c3ccc(-c4cccc5oc6ccccc6c45)cc3)nc(-c3cc4ccc5ccccc5c4c4ccccc34)n2)cc1. The molecule has 0 amide bonds. The van der Waals surface area contributed by atoms with E-state index in [1.54, 1.807) is 0 Å². The quantitative estimate of drug-likeness (QED) is 0.183. The summed E-state index contributed by atoms with van der Waals surface area (Å²) >= 11 is 0. The van der Waals surface area contributed by atoms with Crippen molar-refractivity contribution in [1.29, 1.82) is 0 Å². The Morgan fingerprint density at radius 2 is 0.918 bits per heavy atom. The van der Waals surface area contributed by atoms with E-state index in [0.29, 0.717) is 17.5 Å². The Morgan fingerprint density at radius 3 is 1.73 bits per heavy atom. The normalized spacial score (nSPS) is 11.7. The third-order valence-electron chi connectivity index (χ3n) is 9.51. The third-order valence-corrected chi connectivity index (χ3v) is 9.51. The van der Waals surface area contributed by atoms with Crippen molar-refractivity contribution in [2.24, 2.45) is 0 Å². The number of furan rings is 1. The number of benzene rings is 8. The minimum absolute atomic E-state index is 0.630. The molecule has 0 saturated heterocycles. The van der Waals surface area contributed by atoms with E-state index in [2.05, 4.69) is 115 Å². The van der Waals surface area contributed by atoms with Crippen molar-refractivity contribution in [2.45, 2.75) is 0 Å². The van der Waals surface area contributed by atoms with Gasteiger partial charge in [0.2, 0.25) is 0 Å². The molecule has 0 saturated carbocycles. The van der Waals surface area contributed by atoms with E-state index < -0.39 is 0 Å². The van der Waals surface area contributed by atoms with Crippen LogP contribution >= 0.6 is 0 Å². The maximum Gasteiger partial charge on any atom is 0.164 e. The fourth-order valence-corrected chi connectivity index (χ4v) is 7.22. The number of fused-ring (bicyclic) bond motifs is 8. The van der Waals surface area contributed by atoms with Crippen molar-refractivity contribution in [2.75, 3.05) is 0 Å². The van der Waals surface area contributed by atoms with E-state index in [-0.39, 0.29) is 0 Å². The van der Waals surface area contributed by atoms with Crippen LogP contribution in [-0.2, 0) is 0 Å². The molecule has 10 rings (SSSR count). The van der Waals surface area contributed by atoms with Gasteiger partial charge in [-0.05, 0) is 61.6 Å². The molecule has 2 aromatic heterocycles. The second-order valence-electron chi connectivity index (χ2n) is 12.4. The van der Waals surface area contributed by atoms with Crippen LogP contribution in [0, 0.1) is 0 Å². The van der Waals surface area contributed by atoms with Gasteiger partial charge in [-0.15, -0.1) is 0 Å². The molecule has 2 heterocycles. The molecule has 0 atom stereocenters. The van der Waals surface area contributed by atoms with E-state index in [1.165, 1.54) is 21.5 Å². The van der Waals surface area contributed by atoms with Crippen LogP contribution < -0.4 is 0 Å². The second-order valence-corrected chi connectivity index (χ2v) is 12.4. The van der Waals surface area contributed by atoms with Crippen molar-refractivity contribution in [3.8, 4) is 45.3 Å². The minimum atomic E-state index is 0.630. The van der Waals surface area contributed by atoms with Crippen LogP contribution in [0.4, 0.5) is 0 Å². The third kappa shape index (κ3) is 4.49. The minimum Gasteiger partial charge on any atom is -0.456 e. The summed E-state index contributed by atoms with van der Waals surface area (Å²) in [5.74, 6) is 1.92. The molecule has 4 heteroatoms. The van der Waals surface area contributed by atoms with Crippen LogP contribution in [0.15, 0.2) is 168 Å². The van der Waals surface area contributed by atoms with E-state index in [9.17, 15) is 0 Å². The van der Waals surface area contributed by atoms with Crippen molar-refractivity contribution in [1.82, 2.24) is 15.0 Å². The van der Waals surface area contributed by atoms with Crippen LogP contribution in [-0.4, -0.2) is 15.0 Å². The summed E-state index contributed by atoms with van der Waals surface area (Å²) in [7, 11) is 0. The first-order chi connectivity index (χ1) is 24.3. The van der Waals surface area contributed by atoms with Gasteiger partial charge in [-0.25, -0.2) is 15.0 Å². The summed E-state index contributed by atoms with van der Waals surface area (Å²) in [6.07, 6.45) is 0. The van der Waals surface area contributed by atoms with Gasteiger partial charge in [-0.1, -0.05) is 146 Å². The maximum absolute atomic E-state index is 6.17. The lowest BCUT2D eigenvalue weighted by atomic mass is 9.93. The van der Waals surface area contributed by atoms with Gasteiger partial charge in [0.25, 0.3) is 0 Å². The first-order valence-corrected chi connectivity index (χ1v) is 16.4. The molecule has 0 spiro atoms. The molecule has 0 aliphatic carbocycles. The summed E-state index contributed by atoms with van der Waals surface area (Å²) in [5.41, 5.74) is 6.85. The van der Waals surface area contributed by atoms with Gasteiger partial charge in [0.1, 0.15) is 11.2 Å². The largest absolute Gasteiger partial charge is 0.456 e. The molecule has 0 fully saturated rings. The fraction of sp³-hybridized carbons (Fsp3) is 0. The Labute approximate surface area is 282 Å². The molecule has 0 radical (unpaired) electrons. The number of nitrogens with zero attached hydrogens (tertiary/aromatic N) is 3. The second kappa shape index (κ2) is 11.0. The molecule has 0 unspecified atom stereocenters. The predicted octanol–water partition coefficient (Wildman–Crippen LogP) is 11.9. The first kappa shape index (κ1) is 27.5. The first-order valence-electron chi connectivity index (χ1n) is 16.4. The van der Waals surface area contributed by atoms with Gasteiger partial charge in [0, 0.05) is 27.5 Å². The highest BCUT2D eigenvalue weighted by atomic mass is 16.3. The van der Waals surface area contributed by atoms with E-state index >= 15 is 0 Å². The molecular formula is C45H27N3O. The molecular weight excluding hydrogens is 599 g/mol. The lowest BCUT2D eigenvalue weighted by Crippen LogP contribution is -2.01. The molecule has 0 bridgehead atoms. The van der Waals surface area contributed by atoms with Gasteiger partial charge in [-0.3, -0.25) is 0 Å². The molecule has 49 heavy (non-hydrogen) atoms. The number of rotatable bonds is 4. The smallest absolute Gasteiger partial charge is 0.164 e. The van der Waals surface area contributed by atoms with Crippen LogP contribution in [0.2, 0.25) is 0 Å². The van der Waals surface area contributed by atoms with Crippen LogP contribution in [0.5, 0.6) is 0 Å². The van der Waals surface area contributed by atoms with Crippen molar-refractivity contribution in [3.05, 3.63) is 164 Å². The average Bonchev–Trinajstić information content (AvgIpc) is 3.57. The number of hydrogen-bond donors (Lipinski definition) is 0. The molecule has 228 valence electrons. The predicted molar refractivity (Wildman–Crippen MR) is 201 cm³/mol. The van der Waals surface area contributed by atoms with Gasteiger partial charge in [0.05, 0.1) is 0 Å². The topological polar surface area (TPSA) is 51.8 Å². The molecule has 8 aromatic carbocycles. The highest BCUT2D eigenvalue weighted by molar-refractivity contribution is 6.23. The monoisotopic (exact) mass is 625 g/mol. The summed E-state index contributed by atoms with van der Waals surface area (Å²) < 4.78 is 6.17. The standard InChI is InChI=1S/C45H27N3O/c1-2-12-30(13-3-1)43-46-44(31-24-21-29(22-25-31)34-18-10-20-40-42(34)37-17-8-9-19-39(37)49-40)48-45(47-43)38-27-32-26-23-28-11-4-5-14-33(28)41(32)36-16-7-6-15-35(36)38/h1-27H. The summed E-state index contributed by atoms with van der Waals surface area (Å²) in [4.78, 5) is 15.3. The summed E-state index contributed by atoms with van der Waals surface area (Å²) in [6, 6.07) is 56.9. The lowest BCUT2D eigenvalue weighted by Gasteiger charge is -2.14. The lowest BCUT2D eigenvalue weighted by molar-refractivity contribution is 0.669. The van der Waals surface area contributed by atoms with Gasteiger partial charge < -0.3 is 4.42 Å². The zero-order valence-electron chi connectivity index (χ0n) is 26.3. The van der Waals surface area contributed by atoms with Crippen LogP contribution in [0.25, 0.3) is 99.5 Å². The summed E-state index contributed by atoms with van der Waals surface area (Å²) in [6.45, 7) is 0. The zero-order valence-corrected chi connectivity index (χ0v) is 26.3. The Bertz CT molecular complexity index is 2870. The number of aromatic nitrogens is 3. The molecule has 0 aliphatic heterocycles. The van der Waals surface area contributed by atoms with E-state index in [1.807, 2.05) is 48.5 Å². The van der Waals surface area contributed by atoms with Crippen molar-refractivity contribution >= 4 is 54.3 Å². The fourth-order valence-electron chi connectivity index (χ4n) is 7.22. The molecule has 0 N–H and O–H groups in total. The average molecular weight is 626 g/mol. The molecule has 4 nitrogen and oxygen atoms in total. The van der Waals surface area contributed by atoms with Gasteiger partial charge in [-0.2, -0.15) is 0 Å². The van der Waals surface area contributed by atoms with Crippen molar-refractivity contribution < 1.29 is 4.42 Å². The van der Waals surface area contributed by atoms with Crippen molar-refractivity contribution in [3.63, 3.8) is 0 Å². The van der Waals surface area contributed by atoms with Gasteiger partial charge in [0.15, 0.2) is 17.5 Å². The van der Waals surface area contributed by atoms with Crippen LogP contribution in [0.1, 0.15) is 0 Å². The zero-order chi connectivity index (χ0) is 32.3. The Hall–Kier alpha value is -6.65. The summed E-state index contributed by atoms with van der Waals surface area (Å²) in [5, 5.41) is 9.38. The highest BCUT2D eigenvalue weighted by Crippen LogP contribution is 2.39. The molecule has 0 aliphatic rings. The Balaban J connectivity index is 1.16. The van der Waals surface area contributed by atoms with E-state index in [0.717, 1.165) is 60.5 Å².